The molecule has 2 aliphatic rings. The molecule has 1 N–H and O–H groups in total. The van der Waals surface area contributed by atoms with E-state index >= 15 is 0 Å². The summed E-state index contributed by atoms with van der Waals surface area (Å²) in [6, 6.07) is 10.3. The maximum atomic E-state index is 12.7. The van der Waals surface area contributed by atoms with E-state index in [0.29, 0.717) is 18.8 Å². The number of aromatic nitrogens is 3. The number of benzene rings is 1. The number of amides is 1. The second-order valence-corrected chi connectivity index (χ2v) is 7.07. The van der Waals surface area contributed by atoms with E-state index in [0.717, 1.165) is 52.4 Å². The van der Waals surface area contributed by atoms with Crippen LogP contribution in [0.5, 0.6) is 0 Å². The van der Waals surface area contributed by atoms with Crippen LogP contribution in [0.3, 0.4) is 0 Å². The van der Waals surface area contributed by atoms with Gasteiger partial charge in [-0.2, -0.15) is 0 Å². The second-order valence-electron chi connectivity index (χ2n) is 7.07. The van der Waals surface area contributed by atoms with Gasteiger partial charge in [-0.3, -0.25) is 14.4 Å². The zero-order valence-corrected chi connectivity index (χ0v) is 15.6. The fourth-order valence-electron chi connectivity index (χ4n) is 3.65. The third kappa shape index (κ3) is 4.45. The Morgan fingerprint density at radius 2 is 1.70 bits per heavy atom. The average molecular weight is 369 g/mol. The summed E-state index contributed by atoms with van der Waals surface area (Å²) in [5.74, 6) is -0.0175. The first-order valence-corrected chi connectivity index (χ1v) is 9.72. The first-order chi connectivity index (χ1) is 13.3. The van der Waals surface area contributed by atoms with Crippen LogP contribution in [0.1, 0.15) is 10.5 Å². The van der Waals surface area contributed by atoms with Gasteiger partial charge in [-0.1, -0.05) is 23.4 Å². The lowest BCUT2D eigenvalue weighted by molar-refractivity contribution is 0.0740. The molecule has 0 saturated carbocycles. The van der Waals surface area contributed by atoms with Crippen molar-refractivity contribution in [3.8, 4) is 0 Å². The van der Waals surface area contributed by atoms with Crippen molar-refractivity contribution in [1.82, 2.24) is 30.1 Å². The summed E-state index contributed by atoms with van der Waals surface area (Å²) in [6.07, 6.45) is 1.79. The fourth-order valence-corrected chi connectivity index (χ4v) is 3.65. The third-order valence-electron chi connectivity index (χ3n) is 5.30. The average Bonchev–Trinajstić information content (AvgIpc) is 3.22. The fraction of sp³-hybridized carbons (Fsp3) is 0.526. The number of piperazine rings is 2. The minimum absolute atomic E-state index is 0.0175. The van der Waals surface area contributed by atoms with Crippen molar-refractivity contribution in [3.63, 3.8) is 0 Å². The maximum absolute atomic E-state index is 12.7. The van der Waals surface area contributed by atoms with Crippen LogP contribution in [-0.4, -0.2) is 89.6 Å². The van der Waals surface area contributed by atoms with Crippen LogP contribution >= 0.6 is 0 Å². The molecule has 3 heterocycles. The summed E-state index contributed by atoms with van der Waals surface area (Å²) >= 11 is 0. The number of hydrogen-bond acceptors (Lipinski definition) is 6. The highest BCUT2D eigenvalue weighted by molar-refractivity contribution is 5.92. The van der Waals surface area contributed by atoms with Crippen LogP contribution in [-0.2, 0) is 6.54 Å². The summed E-state index contributed by atoms with van der Waals surface area (Å²) in [7, 11) is 0. The highest BCUT2D eigenvalue weighted by Crippen LogP contribution is 2.16. The van der Waals surface area contributed by atoms with Crippen molar-refractivity contribution >= 4 is 11.6 Å². The molecule has 0 bridgehead atoms. The maximum Gasteiger partial charge on any atom is 0.276 e. The summed E-state index contributed by atoms with van der Waals surface area (Å²) in [5, 5.41) is 11.6. The van der Waals surface area contributed by atoms with E-state index < -0.39 is 0 Å². The number of rotatable bonds is 5. The van der Waals surface area contributed by atoms with E-state index in [2.05, 4.69) is 37.6 Å². The van der Waals surface area contributed by atoms with E-state index in [1.807, 2.05) is 23.1 Å². The molecule has 0 aliphatic carbocycles. The van der Waals surface area contributed by atoms with Gasteiger partial charge < -0.3 is 15.1 Å². The second kappa shape index (κ2) is 8.49. The standard InChI is InChI=1S/C19H27N7O/c27-19(25-13-11-24(12-14-25)17-4-2-1-3-5-17)18-16-26(22-21-18)15-10-23-8-6-20-7-9-23/h1-5,16,20H,6-15H2. The molecule has 2 saturated heterocycles. The van der Waals surface area contributed by atoms with Crippen LogP contribution in [0.25, 0.3) is 0 Å². The number of anilines is 1. The number of para-hydroxylation sites is 1. The topological polar surface area (TPSA) is 69.5 Å². The van der Waals surface area contributed by atoms with Crippen molar-refractivity contribution in [3.05, 3.63) is 42.2 Å². The van der Waals surface area contributed by atoms with Gasteiger partial charge in [-0.15, -0.1) is 5.10 Å². The van der Waals surface area contributed by atoms with E-state index in [1.54, 1.807) is 10.9 Å². The molecule has 1 amide bonds. The van der Waals surface area contributed by atoms with Gasteiger partial charge in [0.25, 0.3) is 5.91 Å². The lowest BCUT2D eigenvalue weighted by Gasteiger charge is -2.35. The molecule has 4 rings (SSSR count). The molecule has 1 aromatic carbocycles. The Balaban J connectivity index is 1.28. The highest BCUT2D eigenvalue weighted by atomic mass is 16.2. The monoisotopic (exact) mass is 369 g/mol. The molecule has 2 fully saturated rings. The smallest absolute Gasteiger partial charge is 0.276 e. The van der Waals surface area contributed by atoms with Gasteiger partial charge in [-0.05, 0) is 12.1 Å². The van der Waals surface area contributed by atoms with Crippen molar-refractivity contribution in [2.75, 3.05) is 63.8 Å². The van der Waals surface area contributed by atoms with Crippen molar-refractivity contribution < 1.29 is 4.79 Å². The molecule has 0 radical (unpaired) electrons. The molecule has 144 valence electrons. The lowest BCUT2D eigenvalue weighted by atomic mass is 10.2. The van der Waals surface area contributed by atoms with Gasteiger partial charge in [-0.25, -0.2) is 0 Å². The SMILES string of the molecule is O=C(c1cn(CCN2CCNCC2)nn1)N1CCN(c2ccccc2)CC1. The predicted molar refractivity (Wildman–Crippen MR) is 104 cm³/mol. The lowest BCUT2D eigenvalue weighted by Crippen LogP contribution is -2.48. The van der Waals surface area contributed by atoms with Gasteiger partial charge in [0, 0.05) is 64.6 Å². The first kappa shape index (κ1) is 17.9. The molecule has 2 aromatic rings. The molecule has 8 heteroatoms. The van der Waals surface area contributed by atoms with Gasteiger partial charge in [0.1, 0.15) is 0 Å². The molecule has 8 nitrogen and oxygen atoms in total. The molecule has 0 unspecified atom stereocenters. The van der Waals surface area contributed by atoms with Gasteiger partial charge in [0.2, 0.25) is 0 Å². The van der Waals surface area contributed by atoms with Crippen LogP contribution in [0.4, 0.5) is 5.69 Å². The molecule has 27 heavy (non-hydrogen) atoms. The predicted octanol–water partition coefficient (Wildman–Crippen LogP) is 0.146. The Labute approximate surface area is 159 Å². The Morgan fingerprint density at radius 1 is 0.963 bits per heavy atom. The van der Waals surface area contributed by atoms with E-state index in [1.165, 1.54) is 5.69 Å². The third-order valence-corrected chi connectivity index (χ3v) is 5.30. The van der Waals surface area contributed by atoms with Gasteiger partial charge >= 0.3 is 0 Å². The van der Waals surface area contributed by atoms with Crippen molar-refractivity contribution in [2.24, 2.45) is 0 Å². The number of nitrogens with one attached hydrogen (secondary N) is 1. The summed E-state index contributed by atoms with van der Waals surface area (Å²) in [6.45, 7) is 9.00. The zero-order chi connectivity index (χ0) is 18.5. The number of hydrogen-bond donors (Lipinski definition) is 1. The normalized spacial score (nSPS) is 18.7. The van der Waals surface area contributed by atoms with Crippen LogP contribution in [0.2, 0.25) is 0 Å². The zero-order valence-electron chi connectivity index (χ0n) is 15.6. The van der Waals surface area contributed by atoms with Gasteiger partial charge in [0.05, 0.1) is 12.7 Å². The van der Waals surface area contributed by atoms with Crippen LogP contribution < -0.4 is 10.2 Å². The Morgan fingerprint density at radius 3 is 2.44 bits per heavy atom. The number of carbonyl (C=O) groups excluding carboxylic acids is 1. The molecular weight excluding hydrogens is 342 g/mol. The van der Waals surface area contributed by atoms with Crippen LogP contribution in [0.15, 0.2) is 36.5 Å². The quantitative estimate of drug-likeness (QED) is 0.809. The number of nitrogens with zero attached hydrogens (tertiary/aromatic N) is 6. The molecule has 2 aliphatic heterocycles. The van der Waals surface area contributed by atoms with Crippen molar-refractivity contribution in [1.29, 1.82) is 0 Å². The minimum atomic E-state index is -0.0175. The molecule has 0 spiro atoms. The van der Waals surface area contributed by atoms with Gasteiger partial charge in [0.15, 0.2) is 5.69 Å². The highest BCUT2D eigenvalue weighted by Gasteiger charge is 2.24. The Bertz CT molecular complexity index is 734. The molecule has 0 atom stereocenters. The number of carbonyl (C=O) groups is 1. The van der Waals surface area contributed by atoms with Crippen LogP contribution in [0, 0.1) is 0 Å². The van der Waals surface area contributed by atoms with Crippen molar-refractivity contribution in [2.45, 2.75) is 6.54 Å². The summed E-state index contributed by atoms with van der Waals surface area (Å²) in [5.41, 5.74) is 1.66. The molecule has 1 aromatic heterocycles. The van der Waals surface area contributed by atoms with E-state index in [9.17, 15) is 4.79 Å². The largest absolute Gasteiger partial charge is 0.368 e. The Hall–Kier alpha value is -2.45. The summed E-state index contributed by atoms with van der Waals surface area (Å²) in [4.78, 5) is 19.3. The molecular formula is C19H27N7O. The first-order valence-electron chi connectivity index (χ1n) is 9.72. The minimum Gasteiger partial charge on any atom is -0.368 e. The Kier molecular flexibility index (Phi) is 5.64. The van der Waals surface area contributed by atoms with E-state index in [4.69, 9.17) is 0 Å². The van der Waals surface area contributed by atoms with E-state index in [-0.39, 0.29) is 5.91 Å². The summed E-state index contributed by atoms with van der Waals surface area (Å²) < 4.78 is 1.79.